The van der Waals surface area contributed by atoms with Crippen molar-refractivity contribution < 1.29 is 12.8 Å². The zero-order valence-corrected chi connectivity index (χ0v) is 13.5. The summed E-state index contributed by atoms with van der Waals surface area (Å²) in [5.74, 6) is -0.606. The minimum Gasteiger partial charge on any atom is -0.389 e. The Morgan fingerprint density at radius 2 is 2.10 bits per heavy atom. The maximum Gasteiger partial charge on any atom is 0.243 e. The normalized spacial score (nSPS) is 21.0. The van der Waals surface area contributed by atoms with Crippen LogP contribution >= 0.6 is 12.2 Å². The smallest absolute Gasteiger partial charge is 0.243 e. The number of rotatable bonds is 3. The van der Waals surface area contributed by atoms with Gasteiger partial charge in [0.25, 0.3) is 0 Å². The molecule has 0 saturated carbocycles. The third kappa shape index (κ3) is 3.41. The van der Waals surface area contributed by atoms with Gasteiger partial charge in [-0.1, -0.05) is 25.1 Å². The van der Waals surface area contributed by atoms with E-state index in [1.54, 1.807) is 0 Å². The lowest BCUT2D eigenvalue weighted by Crippen LogP contribution is -2.38. The van der Waals surface area contributed by atoms with E-state index >= 15 is 0 Å². The SMILES string of the molecule is CC1CCCCCN1S(=O)(=O)c1ccc(F)c(C(N)=S)c1. The van der Waals surface area contributed by atoms with Crippen molar-refractivity contribution in [3.8, 4) is 0 Å². The molecule has 1 heterocycles. The van der Waals surface area contributed by atoms with E-state index in [2.05, 4.69) is 0 Å². The van der Waals surface area contributed by atoms with E-state index in [-0.39, 0.29) is 21.5 Å². The van der Waals surface area contributed by atoms with Gasteiger partial charge >= 0.3 is 0 Å². The molecule has 0 aromatic heterocycles. The van der Waals surface area contributed by atoms with E-state index in [9.17, 15) is 12.8 Å². The summed E-state index contributed by atoms with van der Waals surface area (Å²) in [5, 5.41) is 0. The number of sulfonamides is 1. The predicted octanol–water partition coefficient (Wildman–Crippen LogP) is 2.41. The maximum atomic E-state index is 13.6. The minimum atomic E-state index is -3.66. The van der Waals surface area contributed by atoms with Crippen LogP contribution in [0, 0.1) is 5.82 Å². The lowest BCUT2D eigenvalue weighted by Gasteiger charge is -2.26. The molecule has 1 unspecified atom stereocenters. The molecule has 1 aromatic carbocycles. The largest absolute Gasteiger partial charge is 0.389 e. The van der Waals surface area contributed by atoms with Crippen LogP contribution in [0.2, 0.25) is 0 Å². The van der Waals surface area contributed by atoms with E-state index in [1.807, 2.05) is 6.92 Å². The highest BCUT2D eigenvalue weighted by molar-refractivity contribution is 7.89. The van der Waals surface area contributed by atoms with Gasteiger partial charge in [0.15, 0.2) is 0 Å². The Labute approximate surface area is 130 Å². The van der Waals surface area contributed by atoms with E-state index in [0.29, 0.717) is 6.54 Å². The van der Waals surface area contributed by atoms with E-state index in [0.717, 1.165) is 31.7 Å². The molecule has 116 valence electrons. The number of benzene rings is 1. The fourth-order valence-electron chi connectivity index (χ4n) is 2.59. The molecule has 0 bridgehead atoms. The van der Waals surface area contributed by atoms with Crippen LogP contribution in [0.15, 0.2) is 23.1 Å². The standard InChI is InChI=1S/C14H19FN2O2S2/c1-10-5-3-2-4-8-17(10)21(18,19)11-6-7-13(15)12(9-11)14(16)20/h6-7,9-10H,2-5,8H2,1H3,(H2,16,20). The predicted molar refractivity (Wildman–Crippen MR) is 84.1 cm³/mol. The van der Waals surface area contributed by atoms with Gasteiger partial charge in [-0.05, 0) is 38.0 Å². The van der Waals surface area contributed by atoms with Crippen molar-refractivity contribution >= 4 is 27.2 Å². The summed E-state index contributed by atoms with van der Waals surface area (Å²) in [4.78, 5) is -0.103. The Balaban J connectivity index is 2.43. The van der Waals surface area contributed by atoms with Crippen molar-refractivity contribution in [1.82, 2.24) is 4.31 Å². The summed E-state index contributed by atoms with van der Waals surface area (Å²) in [6, 6.07) is 3.54. The first-order valence-electron chi connectivity index (χ1n) is 6.95. The highest BCUT2D eigenvalue weighted by Crippen LogP contribution is 2.25. The molecular weight excluding hydrogens is 311 g/mol. The molecule has 1 aromatic rings. The molecule has 2 N–H and O–H groups in total. The molecule has 1 aliphatic rings. The molecule has 0 aliphatic carbocycles. The molecule has 0 amide bonds. The number of thiocarbonyl (C=S) groups is 1. The van der Waals surface area contributed by atoms with Crippen LogP contribution in [-0.2, 0) is 10.0 Å². The van der Waals surface area contributed by atoms with Gasteiger partial charge in [0.2, 0.25) is 10.0 Å². The van der Waals surface area contributed by atoms with Crippen molar-refractivity contribution in [3.63, 3.8) is 0 Å². The second-order valence-electron chi connectivity index (χ2n) is 5.32. The summed E-state index contributed by atoms with van der Waals surface area (Å²) in [7, 11) is -3.66. The summed E-state index contributed by atoms with van der Waals surface area (Å²) in [6.07, 6.45) is 3.72. The third-order valence-corrected chi connectivity index (χ3v) is 6.03. The fourth-order valence-corrected chi connectivity index (χ4v) is 4.48. The molecule has 7 heteroatoms. The second kappa shape index (κ2) is 6.37. The average molecular weight is 330 g/mol. The van der Waals surface area contributed by atoms with Crippen molar-refractivity contribution in [2.24, 2.45) is 5.73 Å². The fraction of sp³-hybridized carbons (Fsp3) is 0.500. The van der Waals surface area contributed by atoms with Crippen molar-refractivity contribution in [3.05, 3.63) is 29.6 Å². The molecule has 1 saturated heterocycles. The molecule has 4 nitrogen and oxygen atoms in total. The average Bonchev–Trinajstić information content (AvgIpc) is 2.63. The lowest BCUT2D eigenvalue weighted by atomic mass is 10.1. The Kier molecular flexibility index (Phi) is 4.95. The van der Waals surface area contributed by atoms with Gasteiger partial charge in [0, 0.05) is 18.2 Å². The number of hydrogen-bond donors (Lipinski definition) is 1. The van der Waals surface area contributed by atoms with Crippen LogP contribution in [0.5, 0.6) is 0 Å². The van der Waals surface area contributed by atoms with Crippen LogP contribution in [0.25, 0.3) is 0 Å². The van der Waals surface area contributed by atoms with Crippen LogP contribution in [0.3, 0.4) is 0 Å². The van der Waals surface area contributed by atoms with Crippen LogP contribution < -0.4 is 5.73 Å². The van der Waals surface area contributed by atoms with Crippen LogP contribution in [-0.4, -0.2) is 30.3 Å². The van der Waals surface area contributed by atoms with Crippen molar-refractivity contribution in [2.45, 2.75) is 43.5 Å². The van der Waals surface area contributed by atoms with Gasteiger partial charge in [0.05, 0.1) is 4.90 Å². The first-order chi connectivity index (χ1) is 9.84. The number of halogens is 1. The summed E-state index contributed by atoms with van der Waals surface area (Å²) in [6.45, 7) is 2.39. The van der Waals surface area contributed by atoms with E-state index < -0.39 is 15.8 Å². The van der Waals surface area contributed by atoms with Gasteiger partial charge in [0.1, 0.15) is 10.8 Å². The van der Waals surface area contributed by atoms with Crippen molar-refractivity contribution in [1.29, 1.82) is 0 Å². The van der Waals surface area contributed by atoms with Gasteiger partial charge in [-0.15, -0.1) is 0 Å². The zero-order chi connectivity index (χ0) is 15.6. The highest BCUT2D eigenvalue weighted by atomic mass is 32.2. The maximum absolute atomic E-state index is 13.6. The zero-order valence-electron chi connectivity index (χ0n) is 11.9. The quantitative estimate of drug-likeness (QED) is 0.865. The summed E-state index contributed by atoms with van der Waals surface area (Å²) in [5.41, 5.74) is 5.41. The van der Waals surface area contributed by atoms with E-state index in [4.69, 9.17) is 18.0 Å². The highest BCUT2D eigenvalue weighted by Gasteiger charge is 2.30. The Morgan fingerprint density at radius 1 is 1.38 bits per heavy atom. The lowest BCUT2D eigenvalue weighted by molar-refractivity contribution is 0.342. The molecule has 0 radical (unpaired) electrons. The molecule has 0 spiro atoms. The Hall–Kier alpha value is -1.05. The van der Waals surface area contributed by atoms with Gasteiger partial charge in [-0.3, -0.25) is 0 Å². The molecule has 1 atom stereocenters. The molecule has 21 heavy (non-hydrogen) atoms. The Bertz CT molecular complexity index is 646. The van der Waals surface area contributed by atoms with E-state index in [1.165, 1.54) is 16.4 Å². The van der Waals surface area contributed by atoms with Gasteiger partial charge in [-0.25, -0.2) is 12.8 Å². The topological polar surface area (TPSA) is 63.4 Å². The number of nitrogens with two attached hydrogens (primary N) is 1. The van der Waals surface area contributed by atoms with Crippen LogP contribution in [0.4, 0.5) is 4.39 Å². The molecule has 2 rings (SSSR count). The molecule has 1 fully saturated rings. The number of hydrogen-bond acceptors (Lipinski definition) is 3. The summed E-state index contributed by atoms with van der Waals surface area (Å²) >= 11 is 4.76. The monoisotopic (exact) mass is 330 g/mol. The Morgan fingerprint density at radius 3 is 2.76 bits per heavy atom. The summed E-state index contributed by atoms with van der Waals surface area (Å²) < 4.78 is 40.6. The third-order valence-electron chi connectivity index (χ3n) is 3.80. The van der Waals surface area contributed by atoms with Crippen LogP contribution in [0.1, 0.15) is 38.2 Å². The first-order valence-corrected chi connectivity index (χ1v) is 8.80. The van der Waals surface area contributed by atoms with Gasteiger partial charge in [-0.2, -0.15) is 4.31 Å². The first kappa shape index (κ1) is 16.3. The molecule has 1 aliphatic heterocycles. The van der Waals surface area contributed by atoms with Crippen molar-refractivity contribution in [2.75, 3.05) is 6.54 Å². The minimum absolute atomic E-state index is 0.0337. The second-order valence-corrected chi connectivity index (χ2v) is 7.65. The number of nitrogens with zero attached hydrogens (tertiary/aromatic N) is 1. The van der Waals surface area contributed by atoms with Gasteiger partial charge < -0.3 is 5.73 Å². The molecular formula is C14H19FN2O2S2.